The molecule has 1 aliphatic heterocycles. The fraction of sp³-hybridized carbons (Fsp3) is 0. The molecule has 2 aliphatic rings. The normalized spacial score (nSPS) is 10.6. The fourth-order valence-corrected chi connectivity index (χ4v) is 2.70. The number of phenolic OH excluding ortho intramolecular Hbond substituents is 1. The average molecular weight is 346 g/mol. The SMILES string of the molecule is O=c1ccc2c(-c3[c-]cccc3)c3ccc(O)cc3oc-2c1.[Co]. The summed E-state index contributed by atoms with van der Waals surface area (Å²) >= 11 is 0. The van der Waals surface area contributed by atoms with Gasteiger partial charge in [0.05, 0.1) is 0 Å². The van der Waals surface area contributed by atoms with Crippen LogP contribution in [0.2, 0.25) is 0 Å². The summed E-state index contributed by atoms with van der Waals surface area (Å²) in [6.07, 6.45) is 0. The summed E-state index contributed by atoms with van der Waals surface area (Å²) in [6, 6.07) is 20.6. The molecule has 4 heteroatoms. The molecule has 0 bridgehead atoms. The van der Waals surface area contributed by atoms with Gasteiger partial charge in [-0.15, -0.1) is 35.9 Å². The Bertz CT molecular complexity index is 1010. The first kappa shape index (κ1) is 15.3. The van der Waals surface area contributed by atoms with Gasteiger partial charge in [-0.2, -0.15) is 0 Å². The van der Waals surface area contributed by atoms with Gasteiger partial charge in [-0.25, -0.2) is 0 Å². The molecule has 115 valence electrons. The molecule has 0 unspecified atom stereocenters. The van der Waals surface area contributed by atoms with Gasteiger partial charge in [0.25, 0.3) is 0 Å². The minimum absolute atomic E-state index is 0. The van der Waals surface area contributed by atoms with E-state index in [4.69, 9.17) is 4.42 Å². The number of fused-ring (bicyclic) bond motifs is 2. The van der Waals surface area contributed by atoms with Crippen LogP contribution in [0.3, 0.4) is 0 Å². The van der Waals surface area contributed by atoms with E-state index in [0.717, 1.165) is 22.1 Å². The minimum atomic E-state index is -0.112. The van der Waals surface area contributed by atoms with Gasteiger partial charge >= 0.3 is 0 Å². The number of hydrogen-bond acceptors (Lipinski definition) is 3. The Balaban J connectivity index is 0.00000156. The molecule has 0 aromatic heterocycles. The maximum atomic E-state index is 11.6. The Hall–Kier alpha value is -2.56. The van der Waals surface area contributed by atoms with Crippen LogP contribution >= 0.6 is 0 Å². The van der Waals surface area contributed by atoms with Gasteiger partial charge in [-0.1, -0.05) is 17.7 Å². The predicted octanol–water partition coefficient (Wildman–Crippen LogP) is 4.07. The van der Waals surface area contributed by atoms with Crippen molar-refractivity contribution >= 4 is 11.0 Å². The Kier molecular flexibility index (Phi) is 3.94. The summed E-state index contributed by atoms with van der Waals surface area (Å²) in [5.41, 5.74) is 3.12. The zero-order valence-corrected chi connectivity index (χ0v) is 12.9. The zero-order valence-electron chi connectivity index (χ0n) is 11.9. The van der Waals surface area contributed by atoms with Crippen molar-refractivity contribution in [2.45, 2.75) is 0 Å². The summed E-state index contributed by atoms with van der Waals surface area (Å²) in [7, 11) is 0. The number of benzene rings is 3. The summed E-state index contributed by atoms with van der Waals surface area (Å²) < 4.78 is 5.80. The van der Waals surface area contributed by atoms with Crippen LogP contribution in [0.1, 0.15) is 0 Å². The third-order valence-electron chi connectivity index (χ3n) is 3.66. The van der Waals surface area contributed by atoms with Crippen molar-refractivity contribution in [3.05, 3.63) is 77.0 Å². The number of phenols is 1. The predicted molar refractivity (Wildman–Crippen MR) is 85.0 cm³/mol. The molecule has 3 nitrogen and oxygen atoms in total. The molecular weight excluding hydrogens is 335 g/mol. The van der Waals surface area contributed by atoms with E-state index in [0.29, 0.717) is 11.3 Å². The van der Waals surface area contributed by atoms with E-state index >= 15 is 0 Å². The average Bonchev–Trinajstić information content (AvgIpc) is 2.53. The molecule has 0 spiro atoms. The molecule has 0 atom stereocenters. The van der Waals surface area contributed by atoms with Crippen LogP contribution in [0.25, 0.3) is 33.4 Å². The van der Waals surface area contributed by atoms with Gasteiger partial charge < -0.3 is 9.52 Å². The monoisotopic (exact) mass is 346 g/mol. The maximum absolute atomic E-state index is 11.6. The Morgan fingerprint density at radius 1 is 1.00 bits per heavy atom. The van der Waals surface area contributed by atoms with Crippen LogP contribution in [0.4, 0.5) is 0 Å². The molecular formula is C19H11CoO3-. The fourth-order valence-electron chi connectivity index (χ4n) is 2.70. The van der Waals surface area contributed by atoms with E-state index in [9.17, 15) is 9.90 Å². The van der Waals surface area contributed by atoms with Crippen LogP contribution in [0.5, 0.6) is 5.75 Å². The third-order valence-corrected chi connectivity index (χ3v) is 3.66. The van der Waals surface area contributed by atoms with Gasteiger partial charge in [0.2, 0.25) is 0 Å². The Labute approximate surface area is 142 Å². The molecule has 2 aromatic carbocycles. The first-order chi connectivity index (χ1) is 10.7. The Morgan fingerprint density at radius 3 is 2.65 bits per heavy atom. The van der Waals surface area contributed by atoms with Crippen molar-refractivity contribution in [3.63, 3.8) is 0 Å². The Morgan fingerprint density at radius 2 is 1.87 bits per heavy atom. The smallest absolute Gasteiger partial charge is 0.182 e. The van der Waals surface area contributed by atoms with Crippen LogP contribution in [-0.4, -0.2) is 5.11 Å². The summed E-state index contributed by atoms with van der Waals surface area (Å²) in [5.74, 6) is 0.620. The van der Waals surface area contributed by atoms with Crippen molar-refractivity contribution in [1.29, 1.82) is 0 Å². The van der Waals surface area contributed by atoms with E-state index in [1.165, 1.54) is 12.1 Å². The number of rotatable bonds is 1. The second-order valence-electron chi connectivity index (χ2n) is 5.09. The third kappa shape index (κ3) is 2.63. The molecule has 1 N–H and O–H groups in total. The summed E-state index contributed by atoms with van der Waals surface area (Å²) in [4.78, 5) is 11.6. The quantitative estimate of drug-likeness (QED) is 0.418. The van der Waals surface area contributed by atoms with Crippen molar-refractivity contribution in [3.8, 4) is 28.2 Å². The molecule has 4 rings (SSSR count). The van der Waals surface area contributed by atoms with Crippen molar-refractivity contribution in [2.75, 3.05) is 0 Å². The second kappa shape index (κ2) is 5.91. The van der Waals surface area contributed by atoms with E-state index in [1.54, 1.807) is 18.2 Å². The van der Waals surface area contributed by atoms with E-state index < -0.39 is 0 Å². The minimum Gasteiger partial charge on any atom is -0.508 e. The first-order valence-corrected chi connectivity index (χ1v) is 6.89. The van der Waals surface area contributed by atoms with E-state index in [-0.39, 0.29) is 28.0 Å². The van der Waals surface area contributed by atoms with Crippen molar-refractivity contribution in [1.82, 2.24) is 0 Å². The zero-order chi connectivity index (χ0) is 15.1. The van der Waals surface area contributed by atoms with Gasteiger partial charge in [0.1, 0.15) is 17.1 Å². The number of hydrogen-bond donors (Lipinski definition) is 1. The van der Waals surface area contributed by atoms with E-state index in [1.807, 2.05) is 30.3 Å². The standard InChI is InChI=1S/C19H11O3.Co/c20-13-6-8-15-17(10-13)22-18-11-14(21)7-9-16(18)19(15)12-4-2-1-3-5-12;/h1-4,6-11,20H;/q-1;. The van der Waals surface area contributed by atoms with Gasteiger partial charge in [-0.05, 0) is 23.1 Å². The largest absolute Gasteiger partial charge is 0.508 e. The topological polar surface area (TPSA) is 50.4 Å². The molecule has 0 saturated carbocycles. The molecule has 1 radical (unpaired) electrons. The molecule has 1 aliphatic carbocycles. The van der Waals surface area contributed by atoms with Crippen LogP contribution in [-0.2, 0) is 16.8 Å². The summed E-state index contributed by atoms with van der Waals surface area (Å²) in [5, 5.41) is 10.6. The van der Waals surface area contributed by atoms with Gasteiger partial charge in [0, 0.05) is 28.9 Å². The van der Waals surface area contributed by atoms with Crippen LogP contribution < -0.4 is 5.43 Å². The van der Waals surface area contributed by atoms with Crippen LogP contribution in [0.15, 0.2) is 69.9 Å². The molecule has 23 heavy (non-hydrogen) atoms. The maximum Gasteiger partial charge on any atom is 0.182 e. The molecule has 2 aromatic rings. The molecule has 0 fully saturated rings. The molecule has 1 heterocycles. The van der Waals surface area contributed by atoms with Gasteiger partial charge in [0.15, 0.2) is 5.43 Å². The number of aromatic hydroxyl groups is 1. The summed E-state index contributed by atoms with van der Waals surface area (Å²) in [6.45, 7) is 0. The van der Waals surface area contributed by atoms with Crippen molar-refractivity contribution < 1.29 is 26.3 Å². The van der Waals surface area contributed by atoms with Gasteiger partial charge in [-0.3, -0.25) is 4.79 Å². The second-order valence-corrected chi connectivity index (χ2v) is 5.09. The molecule has 0 amide bonds. The van der Waals surface area contributed by atoms with E-state index in [2.05, 4.69) is 6.07 Å². The first-order valence-electron chi connectivity index (χ1n) is 6.89. The van der Waals surface area contributed by atoms with Crippen molar-refractivity contribution in [2.24, 2.45) is 0 Å². The molecule has 0 saturated heterocycles. The van der Waals surface area contributed by atoms with Crippen LogP contribution in [0, 0.1) is 6.07 Å².